The van der Waals surface area contributed by atoms with E-state index in [9.17, 15) is 19.5 Å². The first-order chi connectivity index (χ1) is 18.0. The minimum atomic E-state index is -1.10. The molecule has 2 atom stereocenters. The number of rotatable bonds is 3. The Morgan fingerprint density at radius 1 is 1.18 bits per heavy atom. The Morgan fingerprint density at radius 2 is 1.89 bits per heavy atom. The molecule has 0 unspecified atom stereocenters. The Kier molecular flexibility index (Phi) is 6.73. The van der Waals surface area contributed by atoms with Gasteiger partial charge in [0, 0.05) is 36.1 Å². The molecule has 10 nitrogen and oxygen atoms in total. The van der Waals surface area contributed by atoms with Crippen LogP contribution in [0.1, 0.15) is 32.4 Å². The minimum Gasteiger partial charge on any atom is -0.465 e. The molecule has 0 spiro atoms. The van der Waals surface area contributed by atoms with Crippen molar-refractivity contribution in [1.29, 1.82) is 0 Å². The number of carbonyl (C=O) groups is 2. The molecule has 0 saturated carbocycles. The van der Waals surface area contributed by atoms with Gasteiger partial charge in [-0.25, -0.2) is 9.78 Å². The van der Waals surface area contributed by atoms with Crippen LogP contribution in [0.25, 0.3) is 16.7 Å². The Balaban J connectivity index is 1.92. The van der Waals surface area contributed by atoms with Gasteiger partial charge in [0.1, 0.15) is 16.9 Å². The maximum atomic E-state index is 14.4. The van der Waals surface area contributed by atoms with Crippen LogP contribution in [0, 0.1) is 0 Å². The summed E-state index contributed by atoms with van der Waals surface area (Å²) >= 11 is 14.3. The van der Waals surface area contributed by atoms with Gasteiger partial charge in [0.15, 0.2) is 5.65 Å². The van der Waals surface area contributed by atoms with Gasteiger partial charge in [-0.05, 0) is 31.2 Å². The van der Waals surface area contributed by atoms with Crippen molar-refractivity contribution in [2.24, 2.45) is 0 Å². The number of hydrogen-bond donors (Lipinski definition) is 1. The van der Waals surface area contributed by atoms with Gasteiger partial charge in [-0.2, -0.15) is 0 Å². The Morgan fingerprint density at radius 3 is 2.53 bits per heavy atom. The second kappa shape index (κ2) is 9.62. The van der Waals surface area contributed by atoms with E-state index in [1.807, 2.05) is 31.1 Å². The molecule has 13 heteroatoms. The number of hydrogen-bond acceptors (Lipinski definition) is 7. The van der Waals surface area contributed by atoms with Crippen molar-refractivity contribution in [3.8, 4) is 5.69 Å². The van der Waals surface area contributed by atoms with Crippen LogP contribution in [0.15, 0.2) is 28.0 Å². The van der Waals surface area contributed by atoms with Crippen LogP contribution in [-0.2, 0) is 4.79 Å². The Labute approximate surface area is 233 Å². The lowest BCUT2D eigenvalue weighted by atomic mass is 9.99. The molecule has 1 fully saturated rings. The first-order valence-electron chi connectivity index (χ1n) is 12.0. The van der Waals surface area contributed by atoms with Crippen molar-refractivity contribution < 1.29 is 14.7 Å². The number of nitrogens with zero attached hydrogens (tertiary/aromatic N) is 6. The molecule has 1 saturated heterocycles. The normalized spacial score (nSPS) is 19.3. The molecule has 0 bridgehead atoms. The number of likely N-dealkylation sites (N-methyl/N-ethyl adjacent to an activating group) is 1. The molecular weight excluding hydrogens is 551 g/mol. The van der Waals surface area contributed by atoms with Gasteiger partial charge in [-0.1, -0.05) is 37.0 Å². The Bertz CT molecular complexity index is 1560. The lowest BCUT2D eigenvalue weighted by Crippen LogP contribution is -2.66. The van der Waals surface area contributed by atoms with E-state index in [4.69, 9.17) is 23.2 Å². The van der Waals surface area contributed by atoms with Crippen LogP contribution < -0.4 is 15.4 Å². The van der Waals surface area contributed by atoms with Gasteiger partial charge < -0.3 is 19.8 Å². The molecular formula is C25H26Cl2N6O4S. The second-order valence-corrected chi connectivity index (χ2v) is 11.3. The fourth-order valence-electron chi connectivity index (χ4n) is 5.33. The predicted molar refractivity (Wildman–Crippen MR) is 150 cm³/mol. The third kappa shape index (κ3) is 3.90. The number of pyridine rings is 3. The molecule has 200 valence electrons. The first-order valence-corrected chi connectivity index (χ1v) is 14.0. The molecule has 38 heavy (non-hydrogen) atoms. The maximum absolute atomic E-state index is 14.4. The molecule has 5 rings (SSSR count). The van der Waals surface area contributed by atoms with Crippen LogP contribution in [-0.4, -0.2) is 75.0 Å². The minimum absolute atomic E-state index is 0.0217. The molecule has 2 amide bonds. The predicted octanol–water partition coefficient (Wildman–Crippen LogP) is 4.47. The molecule has 0 radical (unpaired) electrons. The topological polar surface area (TPSA) is 112 Å². The molecule has 0 aliphatic carbocycles. The van der Waals surface area contributed by atoms with Crippen LogP contribution in [0.2, 0.25) is 10.2 Å². The van der Waals surface area contributed by atoms with Crippen molar-refractivity contribution in [3.05, 3.63) is 44.6 Å². The van der Waals surface area contributed by atoms with E-state index in [2.05, 4.69) is 9.97 Å². The summed E-state index contributed by atoms with van der Waals surface area (Å²) in [5.74, 6) is -0.390. The van der Waals surface area contributed by atoms with Crippen molar-refractivity contribution in [2.45, 2.75) is 43.7 Å². The Hall–Kier alpha value is -3.02. The number of fused-ring (bicyclic) bond motifs is 5. The number of halogens is 2. The number of piperazine rings is 1. The second-order valence-electron chi connectivity index (χ2n) is 9.72. The summed E-state index contributed by atoms with van der Waals surface area (Å²) in [4.78, 5) is 54.2. The fraction of sp³-hybridized carbons (Fsp3) is 0.400. The number of anilines is 2. The quantitative estimate of drug-likeness (QED) is 0.359. The SMILES string of the molecule is CSc1ccnc(C(C)C)c1-n1c(=O)c2c(c3cc(Cl)c(Cl)nc31)N1C[C@@H](C)N(C(=O)O)C[C@@H]1C(=O)N2C. The van der Waals surface area contributed by atoms with Crippen LogP contribution in [0.3, 0.4) is 0 Å². The van der Waals surface area contributed by atoms with Gasteiger partial charge in [-0.15, -0.1) is 11.8 Å². The molecule has 5 heterocycles. The highest BCUT2D eigenvalue weighted by atomic mass is 35.5. The van der Waals surface area contributed by atoms with E-state index in [1.165, 1.54) is 33.2 Å². The summed E-state index contributed by atoms with van der Waals surface area (Å²) < 4.78 is 1.48. The molecule has 3 aromatic heterocycles. The summed E-state index contributed by atoms with van der Waals surface area (Å²) in [5.41, 5.74) is 1.75. The van der Waals surface area contributed by atoms with Crippen molar-refractivity contribution in [1.82, 2.24) is 19.4 Å². The van der Waals surface area contributed by atoms with Crippen LogP contribution >= 0.6 is 35.0 Å². The van der Waals surface area contributed by atoms with E-state index in [-0.39, 0.29) is 46.4 Å². The van der Waals surface area contributed by atoms with Gasteiger partial charge >= 0.3 is 6.09 Å². The summed E-state index contributed by atoms with van der Waals surface area (Å²) in [5, 5.41) is 10.4. The van der Waals surface area contributed by atoms with E-state index in [1.54, 1.807) is 19.2 Å². The largest absolute Gasteiger partial charge is 0.465 e. The van der Waals surface area contributed by atoms with Crippen LogP contribution in [0.4, 0.5) is 16.2 Å². The van der Waals surface area contributed by atoms with Crippen LogP contribution in [0.5, 0.6) is 0 Å². The number of carbonyl (C=O) groups excluding carboxylic acids is 1. The monoisotopic (exact) mass is 576 g/mol. The first kappa shape index (κ1) is 26.6. The lowest BCUT2D eigenvalue weighted by molar-refractivity contribution is -0.120. The average Bonchev–Trinajstić information content (AvgIpc) is 2.87. The molecule has 1 N–H and O–H groups in total. The third-order valence-electron chi connectivity index (χ3n) is 7.14. The highest BCUT2D eigenvalue weighted by molar-refractivity contribution is 7.98. The van der Waals surface area contributed by atoms with Gasteiger partial charge in [0.25, 0.3) is 11.5 Å². The van der Waals surface area contributed by atoms with Gasteiger partial charge in [-0.3, -0.25) is 19.1 Å². The number of aromatic nitrogens is 3. The van der Waals surface area contributed by atoms with E-state index in [0.717, 1.165) is 4.90 Å². The lowest BCUT2D eigenvalue weighted by Gasteiger charge is -2.49. The highest BCUT2D eigenvalue weighted by Gasteiger charge is 2.46. The number of carboxylic acid groups (broad SMARTS) is 1. The summed E-state index contributed by atoms with van der Waals surface area (Å²) in [6.45, 7) is 5.93. The van der Waals surface area contributed by atoms with Crippen molar-refractivity contribution in [2.75, 3.05) is 36.2 Å². The number of thioether (sulfide) groups is 1. The standard InChI is InChI=1S/C25H26Cl2N6O4S/c1-11(2)17-19(16(38-5)6-7-28-17)33-22-13(8-14(26)21(27)29-22)18-20(24(33)35)30(4)23(34)15-10-31(25(36)37)12(3)9-32(15)18/h6-8,11-12,15H,9-10H2,1-5H3,(H,36,37)/t12-,15-/m1/s1. The van der Waals surface area contributed by atoms with Crippen molar-refractivity contribution >= 4 is 69.4 Å². The molecule has 3 aromatic rings. The third-order valence-corrected chi connectivity index (χ3v) is 8.58. The van der Waals surface area contributed by atoms with Crippen molar-refractivity contribution in [3.63, 3.8) is 0 Å². The van der Waals surface area contributed by atoms with E-state index in [0.29, 0.717) is 22.5 Å². The summed E-state index contributed by atoms with van der Waals surface area (Å²) in [6.07, 6.45) is 2.52. The zero-order valence-corrected chi connectivity index (χ0v) is 23.7. The van der Waals surface area contributed by atoms with Gasteiger partial charge in [0.05, 0.1) is 28.6 Å². The smallest absolute Gasteiger partial charge is 0.407 e. The average molecular weight is 577 g/mol. The summed E-state index contributed by atoms with van der Waals surface area (Å²) in [7, 11) is 1.53. The van der Waals surface area contributed by atoms with Gasteiger partial charge in [0.2, 0.25) is 0 Å². The summed E-state index contributed by atoms with van der Waals surface area (Å²) in [6, 6.07) is 2.26. The van der Waals surface area contributed by atoms with E-state index < -0.39 is 23.7 Å². The maximum Gasteiger partial charge on any atom is 0.407 e. The zero-order chi connectivity index (χ0) is 27.6. The number of amides is 2. The molecule has 2 aliphatic rings. The highest BCUT2D eigenvalue weighted by Crippen LogP contribution is 2.43. The molecule has 2 aliphatic heterocycles. The van der Waals surface area contributed by atoms with E-state index >= 15 is 0 Å². The molecule has 0 aromatic carbocycles. The zero-order valence-electron chi connectivity index (χ0n) is 21.4. The fourth-order valence-corrected chi connectivity index (χ4v) is 6.20.